The van der Waals surface area contributed by atoms with Gasteiger partial charge in [-0.2, -0.15) is 0 Å². The highest BCUT2D eigenvalue weighted by atomic mass is 16.4. The van der Waals surface area contributed by atoms with Gasteiger partial charge in [-0.15, -0.1) is 0 Å². The van der Waals surface area contributed by atoms with E-state index < -0.39 is 17.6 Å². The third kappa shape index (κ3) is 4.20. The lowest BCUT2D eigenvalue weighted by Crippen LogP contribution is -2.56. The zero-order valence-corrected chi connectivity index (χ0v) is 12.4. The molecule has 1 aliphatic rings. The molecule has 0 bridgehead atoms. The summed E-state index contributed by atoms with van der Waals surface area (Å²) in [4.78, 5) is 25.2. The molecule has 1 amide bonds. The van der Waals surface area contributed by atoms with Crippen molar-refractivity contribution in [2.45, 2.75) is 65.0 Å². The van der Waals surface area contributed by atoms with E-state index in [0.29, 0.717) is 19.4 Å². The van der Waals surface area contributed by atoms with Crippen molar-refractivity contribution in [3.8, 4) is 0 Å². The number of rotatable bonds is 4. The Kier molecular flexibility index (Phi) is 4.61. The Labute approximate surface area is 115 Å². The largest absolute Gasteiger partial charge is 0.480 e. The Balaban J connectivity index is 2.79. The fraction of sp³-hybridized carbons (Fsp3) is 0.857. The van der Waals surface area contributed by atoms with Gasteiger partial charge in [-0.3, -0.25) is 4.79 Å². The van der Waals surface area contributed by atoms with Crippen LogP contribution in [-0.2, 0) is 9.59 Å². The lowest BCUT2D eigenvalue weighted by atomic mass is 9.76. The third-order valence-electron chi connectivity index (χ3n) is 3.81. The van der Waals surface area contributed by atoms with Gasteiger partial charge in [0.1, 0.15) is 6.04 Å². The number of carboxylic acid groups (broad SMARTS) is 1. The summed E-state index contributed by atoms with van der Waals surface area (Å²) in [6.45, 7) is 8.10. The fourth-order valence-corrected chi connectivity index (χ4v) is 2.70. The maximum atomic E-state index is 12.3. The van der Waals surface area contributed by atoms with Crippen LogP contribution in [0.15, 0.2) is 0 Å². The summed E-state index contributed by atoms with van der Waals surface area (Å²) in [7, 11) is 0. The summed E-state index contributed by atoms with van der Waals surface area (Å²) in [5.41, 5.74) is 5.09. The van der Waals surface area contributed by atoms with Gasteiger partial charge in [0.2, 0.25) is 5.91 Å². The van der Waals surface area contributed by atoms with Crippen LogP contribution in [0.25, 0.3) is 0 Å². The Morgan fingerprint density at radius 3 is 2.47 bits per heavy atom. The number of piperidine rings is 1. The summed E-state index contributed by atoms with van der Waals surface area (Å²) >= 11 is 0. The van der Waals surface area contributed by atoms with Crippen molar-refractivity contribution in [1.29, 1.82) is 0 Å². The van der Waals surface area contributed by atoms with Crippen molar-refractivity contribution in [1.82, 2.24) is 4.90 Å². The van der Waals surface area contributed by atoms with Crippen molar-refractivity contribution >= 4 is 11.9 Å². The lowest BCUT2D eigenvalue weighted by Gasteiger charge is -2.44. The standard InChI is InChI=1S/C14H26N2O3/c1-13(2)7-5-9-16(11(13)12(18)19)10(17)6-8-14(3,4)15/h11H,5-9,15H2,1-4H3,(H,18,19). The third-order valence-corrected chi connectivity index (χ3v) is 3.81. The molecule has 0 spiro atoms. The average molecular weight is 270 g/mol. The van der Waals surface area contributed by atoms with Crippen LogP contribution in [0.5, 0.6) is 0 Å². The van der Waals surface area contributed by atoms with E-state index in [1.54, 1.807) is 0 Å². The van der Waals surface area contributed by atoms with Crippen LogP contribution >= 0.6 is 0 Å². The van der Waals surface area contributed by atoms with Crippen LogP contribution in [-0.4, -0.2) is 40.0 Å². The van der Waals surface area contributed by atoms with E-state index >= 15 is 0 Å². The summed E-state index contributed by atoms with van der Waals surface area (Å²) in [6.07, 6.45) is 2.56. The topological polar surface area (TPSA) is 83.6 Å². The van der Waals surface area contributed by atoms with Crippen LogP contribution in [0.3, 0.4) is 0 Å². The number of carbonyl (C=O) groups excluding carboxylic acids is 1. The van der Waals surface area contributed by atoms with Gasteiger partial charge in [0.05, 0.1) is 0 Å². The van der Waals surface area contributed by atoms with Crippen molar-refractivity contribution < 1.29 is 14.7 Å². The number of nitrogens with two attached hydrogens (primary N) is 1. The number of hydrogen-bond acceptors (Lipinski definition) is 3. The predicted molar refractivity (Wildman–Crippen MR) is 73.7 cm³/mol. The lowest BCUT2D eigenvalue weighted by molar-refractivity contribution is -0.159. The van der Waals surface area contributed by atoms with Gasteiger partial charge < -0.3 is 15.7 Å². The number of likely N-dealkylation sites (tertiary alicyclic amines) is 1. The van der Waals surface area contributed by atoms with Crippen LogP contribution in [0.2, 0.25) is 0 Å². The normalized spacial score (nSPS) is 23.2. The first-order chi connectivity index (χ1) is 8.54. The predicted octanol–water partition coefficient (Wildman–Crippen LogP) is 1.61. The molecule has 1 saturated heterocycles. The number of carboxylic acids is 1. The minimum atomic E-state index is -0.912. The molecule has 1 atom stereocenters. The number of carbonyl (C=O) groups is 2. The molecule has 1 unspecified atom stereocenters. The van der Waals surface area contributed by atoms with Gasteiger partial charge in [0, 0.05) is 18.5 Å². The van der Waals surface area contributed by atoms with Crippen LogP contribution in [0.1, 0.15) is 53.4 Å². The van der Waals surface area contributed by atoms with E-state index in [1.165, 1.54) is 4.90 Å². The molecule has 3 N–H and O–H groups in total. The van der Waals surface area contributed by atoms with Crippen LogP contribution in [0, 0.1) is 5.41 Å². The molecule has 1 fully saturated rings. The zero-order chi connectivity index (χ0) is 14.8. The van der Waals surface area contributed by atoms with E-state index in [9.17, 15) is 14.7 Å². The molecule has 1 rings (SSSR count). The second kappa shape index (κ2) is 5.49. The fourth-order valence-electron chi connectivity index (χ4n) is 2.70. The summed E-state index contributed by atoms with van der Waals surface area (Å²) in [6, 6.07) is -0.727. The van der Waals surface area contributed by atoms with Crippen molar-refractivity contribution in [2.24, 2.45) is 11.1 Å². The molecular weight excluding hydrogens is 244 g/mol. The second-order valence-corrected chi connectivity index (χ2v) is 6.91. The minimum absolute atomic E-state index is 0.0984. The van der Waals surface area contributed by atoms with Crippen molar-refractivity contribution in [2.75, 3.05) is 6.54 Å². The molecule has 0 radical (unpaired) electrons. The van der Waals surface area contributed by atoms with Gasteiger partial charge in [-0.05, 0) is 38.5 Å². The Morgan fingerprint density at radius 2 is 2.00 bits per heavy atom. The molecule has 5 heteroatoms. The van der Waals surface area contributed by atoms with Crippen LogP contribution < -0.4 is 5.73 Å². The quantitative estimate of drug-likeness (QED) is 0.813. The van der Waals surface area contributed by atoms with Gasteiger partial charge in [0.15, 0.2) is 0 Å². The van der Waals surface area contributed by atoms with Gasteiger partial charge in [-0.1, -0.05) is 13.8 Å². The van der Waals surface area contributed by atoms with E-state index in [0.717, 1.165) is 12.8 Å². The monoisotopic (exact) mass is 270 g/mol. The molecule has 110 valence electrons. The molecule has 0 aliphatic carbocycles. The SMILES string of the molecule is CC(C)(N)CCC(=O)N1CCCC(C)(C)C1C(=O)O. The number of amides is 1. The highest BCUT2D eigenvalue weighted by Gasteiger charge is 2.44. The van der Waals surface area contributed by atoms with Gasteiger partial charge in [0.25, 0.3) is 0 Å². The second-order valence-electron chi connectivity index (χ2n) is 6.91. The molecule has 1 heterocycles. The molecule has 0 aromatic heterocycles. The molecule has 0 aromatic carbocycles. The highest BCUT2D eigenvalue weighted by Crippen LogP contribution is 2.35. The van der Waals surface area contributed by atoms with E-state index in [1.807, 2.05) is 27.7 Å². The first kappa shape index (κ1) is 16.0. The number of hydrogen-bond donors (Lipinski definition) is 2. The molecule has 19 heavy (non-hydrogen) atoms. The smallest absolute Gasteiger partial charge is 0.326 e. The zero-order valence-electron chi connectivity index (χ0n) is 12.4. The number of aliphatic carboxylic acids is 1. The minimum Gasteiger partial charge on any atom is -0.480 e. The summed E-state index contributed by atoms with van der Waals surface area (Å²) < 4.78 is 0. The molecule has 1 aliphatic heterocycles. The molecular formula is C14H26N2O3. The van der Waals surface area contributed by atoms with Crippen molar-refractivity contribution in [3.05, 3.63) is 0 Å². The summed E-state index contributed by atoms with van der Waals surface area (Å²) in [5.74, 6) is -1.01. The molecule has 0 saturated carbocycles. The van der Waals surface area contributed by atoms with E-state index in [2.05, 4.69) is 0 Å². The Bertz CT molecular complexity index is 358. The van der Waals surface area contributed by atoms with Crippen molar-refractivity contribution in [3.63, 3.8) is 0 Å². The average Bonchev–Trinajstić information content (AvgIpc) is 2.22. The Morgan fingerprint density at radius 1 is 1.42 bits per heavy atom. The first-order valence-corrected chi connectivity index (χ1v) is 6.86. The van der Waals surface area contributed by atoms with Gasteiger partial charge in [-0.25, -0.2) is 4.79 Å². The maximum absolute atomic E-state index is 12.3. The van der Waals surface area contributed by atoms with Gasteiger partial charge >= 0.3 is 5.97 Å². The first-order valence-electron chi connectivity index (χ1n) is 6.86. The maximum Gasteiger partial charge on any atom is 0.326 e. The highest BCUT2D eigenvalue weighted by molar-refractivity contribution is 5.84. The summed E-state index contributed by atoms with van der Waals surface area (Å²) in [5, 5.41) is 9.40. The molecule has 5 nitrogen and oxygen atoms in total. The number of nitrogens with zero attached hydrogens (tertiary/aromatic N) is 1. The van der Waals surface area contributed by atoms with E-state index in [4.69, 9.17) is 5.73 Å². The Hall–Kier alpha value is -1.10. The molecule has 0 aromatic rings. The van der Waals surface area contributed by atoms with E-state index in [-0.39, 0.29) is 11.3 Å². The van der Waals surface area contributed by atoms with Crippen LogP contribution in [0.4, 0.5) is 0 Å².